The largest absolute Gasteiger partial charge is 2.00 e. The van der Waals surface area contributed by atoms with E-state index in [0.29, 0.717) is 0 Å². The number of hydrogen-bond acceptors (Lipinski definition) is 0. The maximum absolute atomic E-state index is 2.37. The fourth-order valence-corrected chi connectivity index (χ4v) is 6.26. The van der Waals surface area contributed by atoms with E-state index in [4.69, 9.17) is 0 Å². The molecule has 6 aromatic rings. The summed E-state index contributed by atoms with van der Waals surface area (Å²) in [6.07, 6.45) is 4.73. The first-order valence-corrected chi connectivity index (χ1v) is 19.6. The number of rotatable bonds is 6. The summed E-state index contributed by atoms with van der Waals surface area (Å²) in [5, 5.41) is 5.49. The van der Waals surface area contributed by atoms with Gasteiger partial charge in [0.2, 0.25) is 0 Å². The maximum atomic E-state index is 2.37. The zero-order valence-electron chi connectivity index (χ0n) is 31.2. The zero-order chi connectivity index (χ0) is 34.2. The van der Waals surface area contributed by atoms with Gasteiger partial charge in [-0.25, -0.2) is 0 Å². The monoisotopic (exact) mass is 726 g/mol. The Labute approximate surface area is 314 Å². The third-order valence-electron chi connectivity index (χ3n) is 8.82. The van der Waals surface area contributed by atoms with Crippen molar-refractivity contribution in [1.82, 2.24) is 0 Å². The van der Waals surface area contributed by atoms with Crippen molar-refractivity contribution in [3.8, 4) is 22.3 Å². The van der Waals surface area contributed by atoms with E-state index in [1.807, 2.05) is 0 Å². The Bertz CT molecular complexity index is 1700. The van der Waals surface area contributed by atoms with Crippen LogP contribution in [0, 0.1) is 0 Å². The van der Waals surface area contributed by atoms with E-state index >= 15 is 0 Å². The second-order valence-corrected chi connectivity index (χ2v) is 16.0. The Balaban J connectivity index is 0.000000236. The predicted octanol–water partition coefficient (Wildman–Crippen LogP) is 13.7. The topological polar surface area (TPSA) is 0 Å². The van der Waals surface area contributed by atoms with Crippen LogP contribution in [0.3, 0.4) is 0 Å². The van der Waals surface area contributed by atoms with Gasteiger partial charge in [0.05, 0.1) is 0 Å². The molecule has 0 heterocycles. The van der Waals surface area contributed by atoms with Crippen LogP contribution in [0.4, 0.5) is 0 Å². The van der Waals surface area contributed by atoms with E-state index in [1.54, 1.807) is 0 Å². The molecule has 0 atom stereocenters. The minimum Gasteiger partial charge on any atom is -0.164 e. The van der Waals surface area contributed by atoms with Crippen LogP contribution in [-0.2, 0) is 49.9 Å². The molecule has 0 fully saturated rings. The van der Waals surface area contributed by atoms with Gasteiger partial charge in [0, 0.05) is 9.52 Å². The summed E-state index contributed by atoms with van der Waals surface area (Å²) in [5.41, 5.74) is 11.4. The van der Waals surface area contributed by atoms with E-state index < -0.39 is 0 Å². The molecule has 248 valence electrons. The number of aryl methyl sites for hydroxylation is 2. The molecule has 0 unspecified atom stereocenters. The molecule has 0 amide bonds. The van der Waals surface area contributed by atoms with Crippen molar-refractivity contribution in [1.29, 1.82) is 0 Å². The predicted molar refractivity (Wildman–Crippen MR) is 213 cm³/mol. The van der Waals surface area contributed by atoms with Crippen molar-refractivity contribution in [2.24, 2.45) is 0 Å². The van der Waals surface area contributed by atoms with Gasteiger partial charge in [0.1, 0.15) is 0 Å². The summed E-state index contributed by atoms with van der Waals surface area (Å²) in [5.74, 6) is 0. The Hall–Kier alpha value is -2.80. The average molecular weight is 728 g/mol. The third kappa shape index (κ3) is 10.1. The molecule has 6 rings (SSSR count). The van der Waals surface area contributed by atoms with Gasteiger partial charge in [-0.2, -0.15) is 12.1 Å². The molecular formula is C46H56SiZr. The van der Waals surface area contributed by atoms with Crippen LogP contribution in [-0.4, -0.2) is 9.52 Å². The quantitative estimate of drug-likeness (QED) is 0.118. The van der Waals surface area contributed by atoms with Gasteiger partial charge in [-0.3, -0.25) is 0 Å². The first kappa shape index (κ1) is 39.6. The zero-order valence-corrected chi connectivity index (χ0v) is 34.7. The van der Waals surface area contributed by atoms with Crippen LogP contribution < -0.4 is 0 Å². The van der Waals surface area contributed by atoms with Crippen molar-refractivity contribution >= 4 is 31.1 Å². The Morgan fingerprint density at radius 2 is 0.854 bits per heavy atom. The van der Waals surface area contributed by atoms with E-state index in [1.165, 1.54) is 78.9 Å². The Morgan fingerprint density at radius 3 is 1.15 bits per heavy atom. The molecule has 0 saturated heterocycles. The summed E-state index contributed by atoms with van der Waals surface area (Å²) in [6.45, 7) is 22.4. The van der Waals surface area contributed by atoms with Crippen molar-refractivity contribution in [3.63, 3.8) is 0 Å². The third-order valence-corrected chi connectivity index (χ3v) is 8.82. The molecule has 0 nitrogen and oxygen atoms in total. The van der Waals surface area contributed by atoms with E-state index in [-0.39, 0.29) is 37.0 Å². The fourth-order valence-electron chi connectivity index (χ4n) is 6.26. The molecule has 0 aromatic heterocycles. The molecule has 6 aromatic carbocycles. The molecular weight excluding hydrogens is 672 g/mol. The van der Waals surface area contributed by atoms with Crippen LogP contribution >= 0.6 is 0 Å². The molecule has 0 bridgehead atoms. The molecule has 0 saturated carbocycles. The van der Waals surface area contributed by atoms with Gasteiger partial charge in [0.15, 0.2) is 0 Å². The van der Waals surface area contributed by atoms with Crippen molar-refractivity contribution in [2.75, 3.05) is 0 Å². The fraction of sp³-hybridized carbons (Fsp3) is 0.348. The SMILES string of the molecule is CCCc1cc2c(-c3ccc(C(C)(C)C)cc3)cccc2[cH-]1.CCCc1cc2c(-c3ccc(C(C)(C)C)cc3)cccc2[cH-]1.C[Si]C.[Zr+2]. The van der Waals surface area contributed by atoms with Gasteiger partial charge >= 0.3 is 26.2 Å². The molecule has 48 heavy (non-hydrogen) atoms. The average Bonchev–Trinajstić information content (AvgIpc) is 3.65. The van der Waals surface area contributed by atoms with Crippen LogP contribution in [0.5, 0.6) is 0 Å². The van der Waals surface area contributed by atoms with Crippen molar-refractivity contribution < 1.29 is 26.2 Å². The summed E-state index contributed by atoms with van der Waals surface area (Å²) in [4.78, 5) is 0. The summed E-state index contributed by atoms with van der Waals surface area (Å²) in [7, 11) is 1.08. The molecule has 0 aliphatic carbocycles. The Morgan fingerprint density at radius 1 is 0.521 bits per heavy atom. The molecule has 0 spiro atoms. The first-order valence-electron chi connectivity index (χ1n) is 17.6. The second-order valence-electron chi connectivity index (χ2n) is 15.0. The smallest absolute Gasteiger partial charge is 0.164 e. The molecule has 2 radical (unpaired) electrons. The molecule has 0 aliphatic heterocycles. The van der Waals surface area contributed by atoms with E-state index in [2.05, 4.69) is 178 Å². The van der Waals surface area contributed by atoms with Crippen molar-refractivity contribution in [2.45, 2.75) is 105 Å². The molecule has 0 N–H and O–H groups in total. The number of fused-ring (bicyclic) bond motifs is 2. The Kier molecular flexibility index (Phi) is 14.6. The van der Waals surface area contributed by atoms with Crippen LogP contribution in [0.15, 0.2) is 109 Å². The van der Waals surface area contributed by atoms with Crippen LogP contribution in [0.1, 0.15) is 90.5 Å². The standard InChI is InChI=1S/2C22H25.C2H6Si.Zr/c2*1-5-7-16-14-18-8-6-9-20(21(18)15-16)17-10-12-19(13-11-17)22(2,3)4;1-3-2;/h2*6,8-15H,5,7H2,1-4H3;1-2H3;/q2*-1;;+2. The van der Waals surface area contributed by atoms with Gasteiger partial charge in [-0.05, 0) is 45.9 Å². The van der Waals surface area contributed by atoms with E-state index in [9.17, 15) is 0 Å². The molecule has 2 heteroatoms. The molecule has 0 aliphatic rings. The first-order chi connectivity index (χ1) is 22.4. The minimum atomic E-state index is 0. The number of hydrogen-bond donors (Lipinski definition) is 0. The van der Waals surface area contributed by atoms with Crippen LogP contribution in [0.2, 0.25) is 13.1 Å². The van der Waals surface area contributed by atoms with Gasteiger partial charge in [-0.15, -0.1) is 69.1 Å². The summed E-state index contributed by atoms with van der Waals surface area (Å²) < 4.78 is 0. The second kappa shape index (κ2) is 17.7. The van der Waals surface area contributed by atoms with E-state index in [0.717, 1.165) is 22.4 Å². The van der Waals surface area contributed by atoms with Gasteiger partial charge < -0.3 is 0 Å². The normalized spacial score (nSPS) is 11.4. The number of benzene rings is 4. The van der Waals surface area contributed by atoms with Crippen molar-refractivity contribution in [3.05, 3.63) is 131 Å². The van der Waals surface area contributed by atoms with Gasteiger partial charge in [-0.1, -0.05) is 153 Å². The maximum Gasteiger partial charge on any atom is 2.00 e. The summed E-state index contributed by atoms with van der Waals surface area (Å²) >= 11 is 0. The minimum absolute atomic E-state index is 0. The van der Waals surface area contributed by atoms with Crippen LogP contribution in [0.25, 0.3) is 43.8 Å². The summed E-state index contributed by atoms with van der Waals surface area (Å²) in [6, 6.07) is 40.8. The van der Waals surface area contributed by atoms with Gasteiger partial charge in [0.25, 0.3) is 0 Å².